The number of aromatic nitrogens is 1. The summed E-state index contributed by atoms with van der Waals surface area (Å²) in [6, 6.07) is 48.1. The molecule has 7 aromatic rings. The molecule has 8 rings (SSSR count). The van der Waals surface area contributed by atoms with Gasteiger partial charge in [0.2, 0.25) is 0 Å². The summed E-state index contributed by atoms with van der Waals surface area (Å²) in [6.07, 6.45) is 1.86. The lowest BCUT2D eigenvalue weighted by atomic mass is 9.62. The van der Waals surface area contributed by atoms with Gasteiger partial charge in [0, 0.05) is 23.5 Å². The van der Waals surface area contributed by atoms with Crippen molar-refractivity contribution in [2.45, 2.75) is 84.0 Å². The van der Waals surface area contributed by atoms with E-state index in [1.54, 1.807) is 12.1 Å². The minimum Gasteiger partial charge on any atom is -0.454 e. The number of hydrogen-bond donors (Lipinski definition) is 0. The third kappa shape index (κ3) is 7.22. The van der Waals surface area contributed by atoms with Gasteiger partial charge >= 0.3 is 0 Å². The van der Waals surface area contributed by atoms with E-state index in [2.05, 4.69) is 140 Å². The maximum Gasteiger partial charge on any atom is 0.168 e. The second-order valence-corrected chi connectivity index (χ2v) is 18.8. The molecule has 298 valence electrons. The molecule has 1 aliphatic rings. The van der Waals surface area contributed by atoms with Crippen molar-refractivity contribution in [3.05, 3.63) is 202 Å². The quantitative estimate of drug-likeness (QED) is 0.168. The van der Waals surface area contributed by atoms with Gasteiger partial charge in [0.05, 0.1) is 22.5 Å². The summed E-state index contributed by atoms with van der Waals surface area (Å²) in [5.74, 6) is -1.07. The van der Waals surface area contributed by atoms with Crippen molar-refractivity contribution in [1.29, 1.82) is 0 Å². The molecule has 0 spiro atoms. The molecule has 1 aromatic heterocycles. The van der Waals surface area contributed by atoms with E-state index >= 15 is 8.78 Å². The standard InChI is InChI=1S/C54H52F2N2O/c1-51(2,3)36-21-25-40(26-22-36)58-47-27-23-37(52(4,5)6)31-43(47)54(50-20-13-14-29-57-50,44-32-38(53(7,8)9)24-28-48(44)58)39-18-15-19-41(30-39)59-49-33-42(45(55)34-46(49)56)35-16-11-10-12-17-35/h10-34H,1-9H3. The lowest BCUT2D eigenvalue weighted by Crippen LogP contribution is -2.39. The van der Waals surface area contributed by atoms with E-state index in [1.165, 1.54) is 22.8 Å². The highest BCUT2D eigenvalue weighted by Gasteiger charge is 2.48. The average Bonchev–Trinajstić information content (AvgIpc) is 3.20. The Balaban J connectivity index is 1.43. The number of ether oxygens (including phenoxy) is 1. The maximum absolute atomic E-state index is 15.6. The van der Waals surface area contributed by atoms with Crippen molar-refractivity contribution in [3.63, 3.8) is 0 Å². The largest absolute Gasteiger partial charge is 0.454 e. The van der Waals surface area contributed by atoms with Crippen LogP contribution in [0, 0.1) is 11.6 Å². The number of benzene rings is 6. The highest BCUT2D eigenvalue weighted by Crippen LogP contribution is 2.59. The molecular weight excluding hydrogens is 731 g/mol. The third-order valence-electron chi connectivity index (χ3n) is 11.7. The molecule has 0 radical (unpaired) electrons. The summed E-state index contributed by atoms with van der Waals surface area (Å²) in [6.45, 7) is 20.2. The monoisotopic (exact) mass is 782 g/mol. The number of hydrogen-bond acceptors (Lipinski definition) is 3. The van der Waals surface area contributed by atoms with Gasteiger partial charge in [0.25, 0.3) is 0 Å². The minimum atomic E-state index is -0.952. The molecule has 0 fully saturated rings. The fourth-order valence-corrected chi connectivity index (χ4v) is 8.34. The summed E-state index contributed by atoms with van der Waals surface area (Å²) in [5, 5.41) is 0. The Morgan fingerprint density at radius 1 is 0.525 bits per heavy atom. The Morgan fingerprint density at radius 2 is 1.10 bits per heavy atom. The van der Waals surface area contributed by atoms with E-state index in [0.717, 1.165) is 45.5 Å². The topological polar surface area (TPSA) is 25.4 Å². The first-order chi connectivity index (χ1) is 28.0. The van der Waals surface area contributed by atoms with Gasteiger partial charge < -0.3 is 9.64 Å². The highest BCUT2D eigenvalue weighted by atomic mass is 19.1. The molecule has 0 aliphatic carbocycles. The Bertz CT molecular complexity index is 2580. The molecule has 0 saturated heterocycles. The van der Waals surface area contributed by atoms with E-state index in [4.69, 9.17) is 9.72 Å². The van der Waals surface area contributed by atoms with Crippen LogP contribution in [-0.4, -0.2) is 4.98 Å². The van der Waals surface area contributed by atoms with Crippen LogP contribution in [-0.2, 0) is 21.7 Å². The van der Waals surface area contributed by atoms with Gasteiger partial charge in [0.1, 0.15) is 11.6 Å². The van der Waals surface area contributed by atoms with Gasteiger partial charge in [0.15, 0.2) is 11.6 Å². The molecule has 2 heterocycles. The minimum absolute atomic E-state index is 0.000620. The van der Waals surface area contributed by atoms with Crippen LogP contribution in [0.15, 0.2) is 152 Å². The molecule has 0 N–H and O–H groups in total. The van der Waals surface area contributed by atoms with Crippen molar-refractivity contribution in [2.24, 2.45) is 0 Å². The number of rotatable bonds is 6. The molecule has 0 atom stereocenters. The molecule has 3 nitrogen and oxygen atoms in total. The van der Waals surface area contributed by atoms with Crippen molar-refractivity contribution < 1.29 is 13.5 Å². The summed E-state index contributed by atoms with van der Waals surface area (Å²) < 4.78 is 37.3. The Morgan fingerprint density at radius 3 is 1.66 bits per heavy atom. The molecule has 0 bridgehead atoms. The van der Waals surface area contributed by atoms with Crippen LogP contribution in [0.2, 0.25) is 0 Å². The molecule has 59 heavy (non-hydrogen) atoms. The zero-order valence-corrected chi connectivity index (χ0v) is 35.5. The van der Waals surface area contributed by atoms with Crippen LogP contribution in [0.4, 0.5) is 25.8 Å². The highest BCUT2D eigenvalue weighted by molar-refractivity contribution is 5.90. The molecule has 5 heteroatoms. The Hall–Kier alpha value is -6.07. The Kier molecular flexibility index (Phi) is 9.86. The fraction of sp³-hybridized carbons (Fsp3) is 0.241. The van der Waals surface area contributed by atoms with Gasteiger partial charge in [-0.3, -0.25) is 4.98 Å². The predicted molar refractivity (Wildman–Crippen MR) is 239 cm³/mol. The first-order valence-corrected chi connectivity index (χ1v) is 20.4. The van der Waals surface area contributed by atoms with E-state index < -0.39 is 17.0 Å². The van der Waals surface area contributed by atoms with Crippen molar-refractivity contribution in [3.8, 4) is 22.6 Å². The van der Waals surface area contributed by atoms with E-state index in [-0.39, 0.29) is 27.6 Å². The summed E-state index contributed by atoms with van der Waals surface area (Å²) >= 11 is 0. The molecule has 0 unspecified atom stereocenters. The van der Waals surface area contributed by atoms with Crippen LogP contribution in [0.25, 0.3) is 11.1 Å². The SMILES string of the molecule is CC(C)(C)c1ccc(N2c3ccc(C(C)(C)C)cc3C(c3cccc(Oc4cc(-c5ccccc5)c(F)cc4F)c3)(c3ccccn3)c3cc(C(C)(C)C)ccc32)cc1. The van der Waals surface area contributed by atoms with Gasteiger partial charge in [-0.25, -0.2) is 8.78 Å². The van der Waals surface area contributed by atoms with Gasteiger partial charge in [-0.1, -0.05) is 147 Å². The van der Waals surface area contributed by atoms with Crippen molar-refractivity contribution >= 4 is 17.1 Å². The normalized spacial score (nSPS) is 13.8. The lowest BCUT2D eigenvalue weighted by Gasteiger charge is -2.47. The van der Waals surface area contributed by atoms with Crippen LogP contribution >= 0.6 is 0 Å². The van der Waals surface area contributed by atoms with Crippen LogP contribution < -0.4 is 9.64 Å². The molecule has 6 aromatic carbocycles. The number of pyridine rings is 1. The van der Waals surface area contributed by atoms with Crippen LogP contribution in [0.3, 0.4) is 0 Å². The third-order valence-corrected chi connectivity index (χ3v) is 11.7. The van der Waals surface area contributed by atoms with Crippen LogP contribution in [0.1, 0.15) is 101 Å². The van der Waals surface area contributed by atoms with E-state index in [1.807, 2.05) is 54.7 Å². The number of halogens is 2. The first kappa shape index (κ1) is 39.7. The van der Waals surface area contributed by atoms with Gasteiger partial charge in [-0.15, -0.1) is 0 Å². The summed E-state index contributed by atoms with van der Waals surface area (Å²) in [7, 11) is 0. The van der Waals surface area contributed by atoms with E-state index in [0.29, 0.717) is 11.3 Å². The zero-order chi connectivity index (χ0) is 41.9. The zero-order valence-electron chi connectivity index (χ0n) is 35.5. The van der Waals surface area contributed by atoms with Crippen molar-refractivity contribution in [2.75, 3.05) is 4.90 Å². The fourth-order valence-electron chi connectivity index (χ4n) is 8.34. The van der Waals surface area contributed by atoms with Crippen molar-refractivity contribution in [1.82, 2.24) is 4.98 Å². The lowest BCUT2D eigenvalue weighted by molar-refractivity contribution is 0.437. The van der Waals surface area contributed by atoms with Gasteiger partial charge in [-0.05, 0) is 110 Å². The molecular formula is C54H52F2N2O. The molecule has 0 saturated carbocycles. The van der Waals surface area contributed by atoms with Gasteiger partial charge in [-0.2, -0.15) is 0 Å². The van der Waals surface area contributed by atoms with E-state index in [9.17, 15) is 0 Å². The number of fused-ring (bicyclic) bond motifs is 2. The predicted octanol–water partition coefficient (Wildman–Crippen LogP) is 14.9. The molecule has 1 aliphatic heterocycles. The smallest absolute Gasteiger partial charge is 0.168 e. The molecule has 0 amide bonds. The number of anilines is 3. The second-order valence-electron chi connectivity index (χ2n) is 18.8. The second kappa shape index (κ2) is 14.6. The average molecular weight is 783 g/mol. The maximum atomic E-state index is 15.6. The summed E-state index contributed by atoms with van der Waals surface area (Å²) in [4.78, 5) is 7.58. The van der Waals surface area contributed by atoms with Crippen LogP contribution in [0.5, 0.6) is 11.5 Å². The first-order valence-electron chi connectivity index (χ1n) is 20.4. The number of nitrogens with zero attached hydrogens (tertiary/aromatic N) is 2. The summed E-state index contributed by atoms with van der Waals surface area (Å²) in [5.41, 5.74) is 10.3. The Labute approximate surface area is 348 Å².